The third-order valence-corrected chi connectivity index (χ3v) is 1.14. The molecule has 0 aliphatic carbocycles. The molecule has 0 saturated carbocycles. The number of hydrogen-bond acceptors (Lipinski definition) is 2. The molecule has 1 aliphatic heterocycles. The van der Waals surface area contributed by atoms with Crippen molar-refractivity contribution >= 4 is 5.91 Å². The first-order chi connectivity index (χ1) is 3.80. The van der Waals surface area contributed by atoms with Crippen LogP contribution in [0.4, 0.5) is 0 Å². The summed E-state index contributed by atoms with van der Waals surface area (Å²) >= 11 is 0. The summed E-state index contributed by atoms with van der Waals surface area (Å²) in [6, 6.07) is 0. The Bertz CT molecular complexity index is 103. The third-order valence-electron chi connectivity index (χ3n) is 1.14. The maximum Gasteiger partial charge on any atom is 0.248 e. The summed E-state index contributed by atoms with van der Waals surface area (Å²) in [7, 11) is 0. The number of carbonyl (C=O) groups is 1. The van der Waals surface area contributed by atoms with Crippen LogP contribution < -0.4 is 5.32 Å². The van der Waals surface area contributed by atoms with E-state index in [9.17, 15) is 4.79 Å². The van der Waals surface area contributed by atoms with E-state index in [4.69, 9.17) is 4.74 Å². The Morgan fingerprint density at radius 3 is 3.00 bits per heavy atom. The molecule has 3 nitrogen and oxygen atoms in total. The third kappa shape index (κ3) is 0.980. The van der Waals surface area contributed by atoms with E-state index in [1.165, 1.54) is 0 Å². The highest BCUT2D eigenvalue weighted by molar-refractivity contribution is 5.80. The molecule has 1 amide bonds. The number of hydrogen-bond donors (Lipinski definition) is 1. The minimum Gasteiger partial charge on any atom is -0.367 e. The predicted molar refractivity (Wildman–Crippen MR) is 28.4 cm³/mol. The zero-order valence-corrected chi connectivity index (χ0v) is 4.81. The minimum absolute atomic E-state index is 0.00347. The van der Waals surface area contributed by atoms with Gasteiger partial charge in [0.15, 0.2) is 0 Å². The average molecular weight is 115 g/mol. The molecule has 1 fully saturated rings. The van der Waals surface area contributed by atoms with E-state index < -0.39 is 0 Å². The van der Waals surface area contributed by atoms with Crippen LogP contribution in [0.1, 0.15) is 6.92 Å². The number of amides is 1. The molecule has 46 valence electrons. The normalized spacial score (nSPS) is 29.6. The van der Waals surface area contributed by atoms with E-state index in [2.05, 4.69) is 5.32 Å². The van der Waals surface area contributed by atoms with Crippen LogP contribution in [0.15, 0.2) is 0 Å². The standard InChI is InChI=1S/C5H9NO2/c1-4-5(7)6-2-3-8-4/h4H,2-3H2,1H3,(H,6,7)/t4-/m1/s1. The van der Waals surface area contributed by atoms with E-state index in [1.54, 1.807) is 6.92 Å². The van der Waals surface area contributed by atoms with Gasteiger partial charge in [-0.1, -0.05) is 0 Å². The van der Waals surface area contributed by atoms with Gasteiger partial charge in [-0.05, 0) is 6.92 Å². The lowest BCUT2D eigenvalue weighted by Crippen LogP contribution is -2.42. The molecule has 0 unspecified atom stereocenters. The highest BCUT2D eigenvalue weighted by atomic mass is 16.5. The van der Waals surface area contributed by atoms with Gasteiger partial charge in [0.05, 0.1) is 6.61 Å². The molecule has 0 radical (unpaired) electrons. The molecule has 1 aliphatic rings. The van der Waals surface area contributed by atoms with Crippen molar-refractivity contribution in [2.24, 2.45) is 0 Å². The Morgan fingerprint density at radius 1 is 1.88 bits per heavy atom. The second kappa shape index (κ2) is 2.13. The van der Waals surface area contributed by atoms with Crippen molar-refractivity contribution in [3.8, 4) is 0 Å². The molecule has 1 N–H and O–H groups in total. The lowest BCUT2D eigenvalue weighted by molar-refractivity contribution is -0.136. The molecule has 1 heterocycles. The van der Waals surface area contributed by atoms with Gasteiger partial charge in [0.2, 0.25) is 5.91 Å². The zero-order chi connectivity index (χ0) is 5.98. The smallest absolute Gasteiger partial charge is 0.248 e. The van der Waals surface area contributed by atoms with Crippen molar-refractivity contribution in [2.75, 3.05) is 13.2 Å². The molecular weight excluding hydrogens is 106 g/mol. The summed E-state index contributed by atoms with van der Waals surface area (Å²) in [5.41, 5.74) is 0. The van der Waals surface area contributed by atoms with Gasteiger partial charge >= 0.3 is 0 Å². The fourth-order valence-electron chi connectivity index (χ4n) is 0.629. The van der Waals surface area contributed by atoms with E-state index in [0.29, 0.717) is 13.2 Å². The summed E-state index contributed by atoms with van der Waals surface area (Å²) in [6.45, 7) is 3.05. The first-order valence-corrected chi connectivity index (χ1v) is 2.70. The molecule has 0 bridgehead atoms. The second-order valence-electron chi connectivity index (χ2n) is 1.80. The van der Waals surface area contributed by atoms with Crippen LogP contribution in [0, 0.1) is 0 Å². The van der Waals surface area contributed by atoms with Gasteiger partial charge in [0.1, 0.15) is 6.10 Å². The largest absolute Gasteiger partial charge is 0.367 e. The van der Waals surface area contributed by atoms with Crippen LogP contribution in [-0.2, 0) is 9.53 Å². The summed E-state index contributed by atoms with van der Waals surface area (Å²) in [5.74, 6) is -0.00347. The molecule has 3 heteroatoms. The van der Waals surface area contributed by atoms with Crippen LogP contribution in [0.3, 0.4) is 0 Å². The molecule has 0 aromatic heterocycles. The lowest BCUT2D eigenvalue weighted by Gasteiger charge is -2.18. The van der Waals surface area contributed by atoms with Crippen molar-refractivity contribution in [3.63, 3.8) is 0 Å². The summed E-state index contributed by atoms with van der Waals surface area (Å²) in [5, 5.41) is 2.67. The first kappa shape index (κ1) is 5.56. The Hall–Kier alpha value is -0.570. The monoisotopic (exact) mass is 115 g/mol. The Morgan fingerprint density at radius 2 is 2.62 bits per heavy atom. The van der Waals surface area contributed by atoms with E-state index >= 15 is 0 Å². The fourth-order valence-corrected chi connectivity index (χ4v) is 0.629. The van der Waals surface area contributed by atoms with Gasteiger partial charge in [-0.25, -0.2) is 0 Å². The lowest BCUT2D eigenvalue weighted by atomic mass is 10.3. The molecule has 8 heavy (non-hydrogen) atoms. The number of morpholine rings is 1. The number of nitrogens with one attached hydrogen (secondary N) is 1. The van der Waals surface area contributed by atoms with Crippen molar-refractivity contribution in [3.05, 3.63) is 0 Å². The summed E-state index contributed by atoms with van der Waals surface area (Å²) in [6.07, 6.45) is -0.247. The second-order valence-corrected chi connectivity index (χ2v) is 1.80. The summed E-state index contributed by atoms with van der Waals surface area (Å²) < 4.78 is 4.98. The molecule has 1 atom stereocenters. The van der Waals surface area contributed by atoms with Gasteiger partial charge in [-0.15, -0.1) is 0 Å². The quantitative estimate of drug-likeness (QED) is 0.463. The van der Waals surface area contributed by atoms with Crippen molar-refractivity contribution in [2.45, 2.75) is 13.0 Å². The van der Waals surface area contributed by atoms with Gasteiger partial charge in [-0.3, -0.25) is 4.79 Å². The van der Waals surface area contributed by atoms with Crippen LogP contribution in [0.5, 0.6) is 0 Å². The van der Waals surface area contributed by atoms with Crippen molar-refractivity contribution < 1.29 is 9.53 Å². The van der Waals surface area contributed by atoms with Gasteiger partial charge in [0, 0.05) is 6.54 Å². The van der Waals surface area contributed by atoms with Crippen molar-refractivity contribution in [1.29, 1.82) is 0 Å². The topological polar surface area (TPSA) is 38.3 Å². The highest BCUT2D eigenvalue weighted by Crippen LogP contribution is 1.93. The van der Waals surface area contributed by atoms with E-state index in [1.807, 2.05) is 0 Å². The number of rotatable bonds is 0. The molecule has 1 rings (SSSR count). The Kier molecular flexibility index (Phi) is 1.48. The van der Waals surface area contributed by atoms with Crippen LogP contribution in [0.2, 0.25) is 0 Å². The molecule has 0 aromatic carbocycles. The van der Waals surface area contributed by atoms with Crippen molar-refractivity contribution in [1.82, 2.24) is 5.32 Å². The summed E-state index contributed by atoms with van der Waals surface area (Å²) in [4.78, 5) is 10.6. The van der Waals surface area contributed by atoms with Gasteiger partial charge < -0.3 is 10.1 Å². The van der Waals surface area contributed by atoms with Crippen LogP contribution >= 0.6 is 0 Å². The van der Waals surface area contributed by atoms with Crippen LogP contribution in [0.25, 0.3) is 0 Å². The number of ether oxygens (including phenoxy) is 1. The zero-order valence-electron chi connectivity index (χ0n) is 4.81. The van der Waals surface area contributed by atoms with Gasteiger partial charge in [0.25, 0.3) is 0 Å². The Labute approximate surface area is 48.0 Å². The molecular formula is C5H9NO2. The fraction of sp³-hybridized carbons (Fsp3) is 0.800. The SMILES string of the molecule is C[C@H]1OCCNC1=O. The number of carbonyl (C=O) groups excluding carboxylic acids is 1. The predicted octanol–water partition coefficient (Wildman–Crippen LogP) is -0.479. The molecule has 0 aromatic rings. The van der Waals surface area contributed by atoms with Crippen LogP contribution in [-0.4, -0.2) is 25.2 Å². The first-order valence-electron chi connectivity index (χ1n) is 2.70. The maximum atomic E-state index is 10.6. The molecule has 1 saturated heterocycles. The molecule has 0 spiro atoms. The average Bonchev–Trinajstić information content (AvgIpc) is 1.77. The Balaban J connectivity index is 2.39. The highest BCUT2D eigenvalue weighted by Gasteiger charge is 2.15. The van der Waals surface area contributed by atoms with E-state index in [-0.39, 0.29) is 12.0 Å². The van der Waals surface area contributed by atoms with E-state index in [0.717, 1.165) is 0 Å². The maximum absolute atomic E-state index is 10.6. The van der Waals surface area contributed by atoms with Gasteiger partial charge in [-0.2, -0.15) is 0 Å². The minimum atomic E-state index is -0.247.